The minimum atomic E-state index is -3.40. The summed E-state index contributed by atoms with van der Waals surface area (Å²) in [4.78, 5) is 14.5. The third-order valence-corrected chi connectivity index (χ3v) is 16.7. The van der Waals surface area contributed by atoms with Crippen LogP contribution in [0.15, 0.2) is 259 Å². The van der Waals surface area contributed by atoms with Crippen LogP contribution in [0.5, 0.6) is 0 Å². The van der Waals surface area contributed by atoms with E-state index < -0.39 is 220 Å². The molecular weight excluding hydrogens is 857 g/mol. The lowest BCUT2D eigenvalue weighted by atomic mass is 10.0. The number of para-hydroxylation sites is 3. The van der Waals surface area contributed by atoms with E-state index in [1.165, 1.54) is 0 Å². The first kappa shape index (κ1) is 23.2. The summed E-state index contributed by atoms with van der Waals surface area (Å²) in [7, 11) is -3.40. The van der Waals surface area contributed by atoms with Crippen LogP contribution in [0.1, 0.15) is 31.5 Å². The standard InChI is InChI=1S/C63H42N4OSi/c1-4-24-49(25-5-1)69(50-26-6-2-7-27-50,51-28-8-3-9-29-51)52-30-18-22-47(41-52)63-65-61(45-20-16-19-43(39-45)44-37-38-60-56(42-44)55-33-12-15-36-59(55)68-60)64-62(66-63)46-21-17-23-48(40-46)67-57-34-13-10-31-53(57)54-32-11-14-35-58(54)67/h1-42H/i10D,11D,12D,13D,14D,15D,16D,17D,19D,20D,21D,23D,31D,32D,33D,34D,35D,36D,37D,38D,39D,40D,42D. The Morgan fingerprint density at radius 2 is 0.855 bits per heavy atom. The summed E-state index contributed by atoms with van der Waals surface area (Å²) >= 11 is 0. The van der Waals surface area contributed by atoms with E-state index in [4.69, 9.17) is 34.4 Å². The second-order valence-electron chi connectivity index (χ2n) is 15.8. The fourth-order valence-corrected chi connectivity index (χ4v) is 13.7. The Labute approximate surface area is 432 Å². The molecule has 324 valence electrons. The topological polar surface area (TPSA) is 56.7 Å². The van der Waals surface area contributed by atoms with Crippen molar-refractivity contribution in [3.63, 3.8) is 0 Å². The molecule has 0 N–H and O–H groups in total. The molecule has 0 unspecified atom stereocenters. The summed E-state index contributed by atoms with van der Waals surface area (Å²) in [6.07, 6.45) is 0. The maximum Gasteiger partial charge on any atom is 0.179 e. The molecule has 0 aliphatic carbocycles. The highest BCUT2D eigenvalue weighted by Gasteiger charge is 2.41. The van der Waals surface area contributed by atoms with Crippen molar-refractivity contribution in [3.8, 4) is 51.0 Å². The van der Waals surface area contributed by atoms with Gasteiger partial charge in [-0.2, -0.15) is 0 Å². The molecule has 0 spiro atoms. The molecular formula is C63H42N4OSi. The van der Waals surface area contributed by atoms with Gasteiger partial charge in [0.15, 0.2) is 25.5 Å². The van der Waals surface area contributed by atoms with E-state index in [1.54, 1.807) is 12.1 Å². The summed E-state index contributed by atoms with van der Waals surface area (Å²) in [5.74, 6) is -1.61. The summed E-state index contributed by atoms with van der Waals surface area (Å²) in [5, 5.41) is 2.09. The van der Waals surface area contributed by atoms with Crippen LogP contribution in [0.2, 0.25) is 0 Å². The van der Waals surface area contributed by atoms with Crippen LogP contribution in [-0.4, -0.2) is 27.6 Å². The maximum atomic E-state index is 10.1. The largest absolute Gasteiger partial charge is 0.456 e. The normalized spacial score (nSPS) is 16.4. The molecule has 0 amide bonds. The zero-order valence-corrected chi connectivity index (χ0v) is 36.7. The van der Waals surface area contributed by atoms with Crippen LogP contribution in [0.4, 0.5) is 0 Å². The monoisotopic (exact) mass is 921 g/mol. The zero-order chi connectivity index (χ0) is 65.7. The molecule has 0 radical (unpaired) electrons. The van der Waals surface area contributed by atoms with Crippen molar-refractivity contribution in [2.24, 2.45) is 0 Å². The van der Waals surface area contributed by atoms with Crippen molar-refractivity contribution in [2.75, 3.05) is 0 Å². The summed E-state index contributed by atoms with van der Waals surface area (Å²) < 4.78 is 217. The predicted molar refractivity (Wildman–Crippen MR) is 287 cm³/mol. The van der Waals surface area contributed by atoms with Crippen molar-refractivity contribution in [1.29, 1.82) is 0 Å². The van der Waals surface area contributed by atoms with E-state index in [-0.39, 0.29) is 22.2 Å². The quantitative estimate of drug-likeness (QED) is 0.107. The molecule has 0 atom stereocenters. The van der Waals surface area contributed by atoms with Gasteiger partial charge in [0.05, 0.1) is 42.6 Å². The molecule has 0 saturated carbocycles. The Hall–Kier alpha value is -8.97. The molecule has 0 aliphatic heterocycles. The second kappa shape index (κ2) is 16.7. The van der Waals surface area contributed by atoms with Crippen LogP contribution in [-0.2, 0) is 0 Å². The smallest absolute Gasteiger partial charge is 0.179 e. The first-order valence-electron chi connectivity index (χ1n) is 33.0. The Morgan fingerprint density at radius 1 is 0.362 bits per heavy atom. The van der Waals surface area contributed by atoms with Gasteiger partial charge in [-0.25, -0.2) is 15.0 Å². The van der Waals surface area contributed by atoms with Crippen molar-refractivity contribution in [2.45, 2.75) is 0 Å². The summed E-state index contributed by atoms with van der Waals surface area (Å²) in [5.41, 5.74) is -5.12. The molecule has 13 aromatic rings. The van der Waals surface area contributed by atoms with Crippen LogP contribution in [0.25, 0.3) is 94.7 Å². The van der Waals surface area contributed by atoms with E-state index >= 15 is 0 Å². The van der Waals surface area contributed by atoms with Gasteiger partial charge in [-0.3, -0.25) is 0 Å². The number of benzene rings is 10. The Balaban J connectivity index is 1.16. The Morgan fingerprint density at radius 3 is 1.49 bits per heavy atom. The van der Waals surface area contributed by atoms with E-state index in [0.717, 1.165) is 25.3 Å². The molecule has 0 fully saturated rings. The number of nitrogens with zero attached hydrogens (tertiary/aromatic N) is 4. The predicted octanol–water partition coefficient (Wildman–Crippen LogP) is 12.9. The van der Waals surface area contributed by atoms with Gasteiger partial charge in [0.1, 0.15) is 11.2 Å². The summed E-state index contributed by atoms with van der Waals surface area (Å²) in [6, 6.07) is 18.2. The fourth-order valence-electron chi connectivity index (χ4n) is 8.90. The van der Waals surface area contributed by atoms with Crippen LogP contribution >= 0.6 is 0 Å². The number of aromatic nitrogens is 4. The van der Waals surface area contributed by atoms with Crippen LogP contribution in [0, 0.1) is 0 Å². The van der Waals surface area contributed by atoms with Gasteiger partial charge < -0.3 is 8.98 Å². The summed E-state index contributed by atoms with van der Waals surface area (Å²) in [6.45, 7) is 0. The maximum absolute atomic E-state index is 10.1. The Bertz CT molecular complexity index is 5230. The van der Waals surface area contributed by atoms with Gasteiger partial charge in [-0.05, 0) is 80.2 Å². The average molecular weight is 922 g/mol. The van der Waals surface area contributed by atoms with Crippen LogP contribution < -0.4 is 20.7 Å². The van der Waals surface area contributed by atoms with Crippen LogP contribution in [0.3, 0.4) is 0 Å². The lowest BCUT2D eigenvalue weighted by Crippen LogP contribution is -2.74. The molecule has 3 heterocycles. The molecule has 0 saturated heterocycles. The molecule has 0 bridgehead atoms. The lowest BCUT2D eigenvalue weighted by Gasteiger charge is -2.34. The third kappa shape index (κ3) is 6.88. The second-order valence-corrected chi connectivity index (χ2v) is 19.6. The van der Waals surface area contributed by atoms with Gasteiger partial charge in [0.2, 0.25) is 0 Å². The van der Waals surface area contributed by atoms with Crippen molar-refractivity contribution in [3.05, 3.63) is 254 Å². The number of rotatable bonds is 9. The molecule has 10 aromatic carbocycles. The first-order valence-corrected chi connectivity index (χ1v) is 23.5. The molecule has 0 aliphatic rings. The molecule has 13 rings (SSSR count). The Kier molecular flexibility index (Phi) is 5.61. The number of hydrogen-bond acceptors (Lipinski definition) is 4. The van der Waals surface area contributed by atoms with E-state index in [0.29, 0.717) is 0 Å². The van der Waals surface area contributed by atoms with Gasteiger partial charge in [0, 0.05) is 43.9 Å². The number of fused-ring (bicyclic) bond motifs is 6. The highest BCUT2D eigenvalue weighted by molar-refractivity contribution is 7.19. The molecule has 69 heavy (non-hydrogen) atoms. The van der Waals surface area contributed by atoms with Gasteiger partial charge in [0.25, 0.3) is 0 Å². The van der Waals surface area contributed by atoms with Crippen molar-refractivity contribution in [1.82, 2.24) is 19.5 Å². The third-order valence-electron chi connectivity index (χ3n) is 11.9. The van der Waals surface area contributed by atoms with Crippen molar-refractivity contribution >= 4 is 72.6 Å². The SMILES string of the molecule is [2H]c1c([2H])c(-c2nc(-c3cccc([Si](c4ccccc4)(c4ccccc4)c4ccccc4)c3)nc(-c3c([2H])c([2H])c([2H])c(-n4c5c([2H])c([2H])c([2H])c([2H])c5c5c([2H])c([2H])c([2H])c([2H])c54)c3[2H])n2)c([2H])c(-c2c([2H])c([2H])c3oc4c([2H])c([2H])c([2H])c([2H])c4c3c2[2H])c1[2H]. The molecule has 5 nitrogen and oxygen atoms in total. The number of furan rings is 1. The minimum absolute atomic E-state index is 0.215. The minimum Gasteiger partial charge on any atom is -0.456 e. The van der Waals surface area contributed by atoms with Gasteiger partial charge >= 0.3 is 0 Å². The van der Waals surface area contributed by atoms with Gasteiger partial charge in [-0.15, -0.1) is 0 Å². The highest BCUT2D eigenvalue weighted by atomic mass is 28.3. The highest BCUT2D eigenvalue weighted by Crippen LogP contribution is 2.36. The zero-order valence-electron chi connectivity index (χ0n) is 58.7. The van der Waals surface area contributed by atoms with Crippen molar-refractivity contribution < 1.29 is 35.9 Å². The van der Waals surface area contributed by atoms with Gasteiger partial charge in [-0.1, -0.05) is 206 Å². The van der Waals surface area contributed by atoms with E-state index in [9.17, 15) is 16.4 Å². The fraction of sp³-hybridized carbons (Fsp3) is 0. The van der Waals surface area contributed by atoms with E-state index in [1.807, 2.05) is 103 Å². The molecule has 6 heteroatoms. The average Bonchev–Trinajstić information content (AvgIpc) is 1.49. The lowest BCUT2D eigenvalue weighted by molar-refractivity contribution is 0.669. The molecule has 3 aromatic heterocycles. The number of hydrogen-bond donors (Lipinski definition) is 0. The first-order chi connectivity index (χ1) is 43.8. The van der Waals surface area contributed by atoms with E-state index in [2.05, 4.69) is 0 Å².